The van der Waals surface area contributed by atoms with Gasteiger partial charge in [-0.15, -0.1) is 0 Å². The third kappa shape index (κ3) is 1.62. The summed E-state index contributed by atoms with van der Waals surface area (Å²) >= 11 is 0. The fraction of sp³-hybridized carbons (Fsp3) is 0.471. The van der Waals surface area contributed by atoms with Gasteiger partial charge in [-0.25, -0.2) is 0 Å². The van der Waals surface area contributed by atoms with Gasteiger partial charge in [-0.1, -0.05) is 18.2 Å². The Kier molecular flexibility index (Phi) is 2.66. The van der Waals surface area contributed by atoms with Crippen molar-refractivity contribution in [2.24, 2.45) is 5.41 Å². The molecule has 2 saturated heterocycles. The van der Waals surface area contributed by atoms with Crippen LogP contribution in [0.15, 0.2) is 28.7 Å². The molecular weight excluding hydrogens is 266 g/mol. The van der Waals surface area contributed by atoms with E-state index in [0.29, 0.717) is 12.2 Å². The molecule has 1 aromatic carbocycles. The van der Waals surface area contributed by atoms with Crippen LogP contribution in [0.2, 0.25) is 0 Å². The first-order valence-electron chi connectivity index (χ1n) is 7.38. The highest BCUT2D eigenvalue weighted by Crippen LogP contribution is 2.55. The van der Waals surface area contributed by atoms with Gasteiger partial charge in [0.25, 0.3) is 0 Å². The lowest BCUT2D eigenvalue weighted by molar-refractivity contribution is 0.00340. The number of nitrogens with zero attached hydrogens (tertiary/aromatic N) is 1. The molecule has 0 saturated carbocycles. The average molecular weight is 283 g/mol. The molecular formula is C17H17NO3. The van der Waals surface area contributed by atoms with Crippen LogP contribution in [0.25, 0.3) is 11.0 Å². The maximum absolute atomic E-state index is 11.0. The average Bonchev–Trinajstić information content (AvgIpc) is 3.17. The Labute approximate surface area is 122 Å². The van der Waals surface area contributed by atoms with E-state index in [9.17, 15) is 10.4 Å². The summed E-state index contributed by atoms with van der Waals surface area (Å²) in [5, 5.41) is 21.6. The molecule has 3 heterocycles. The highest BCUT2D eigenvalue weighted by molar-refractivity contribution is 5.82. The molecule has 0 spiro atoms. The maximum atomic E-state index is 11.0. The van der Waals surface area contributed by atoms with Crippen LogP contribution in [0, 0.1) is 23.7 Å². The minimum Gasteiger partial charge on any atom is -0.461 e. The van der Waals surface area contributed by atoms with Crippen molar-refractivity contribution in [3.63, 3.8) is 0 Å². The van der Waals surface area contributed by atoms with Gasteiger partial charge >= 0.3 is 0 Å². The number of aliphatic hydroxyl groups excluding tert-OH is 1. The van der Waals surface area contributed by atoms with Crippen LogP contribution in [-0.2, 0) is 4.74 Å². The first-order chi connectivity index (χ1) is 10.2. The van der Waals surface area contributed by atoms with E-state index in [4.69, 9.17) is 9.15 Å². The Morgan fingerprint density at radius 1 is 1.38 bits per heavy atom. The number of furan rings is 1. The zero-order valence-electron chi connectivity index (χ0n) is 11.9. The smallest absolute Gasteiger partial charge is 0.134 e. The number of benzene rings is 1. The molecule has 0 amide bonds. The Bertz CT molecular complexity index is 744. The van der Waals surface area contributed by atoms with Gasteiger partial charge < -0.3 is 14.3 Å². The van der Waals surface area contributed by atoms with Gasteiger partial charge in [-0.2, -0.15) is 5.26 Å². The number of aryl methyl sites for hydroxylation is 1. The Morgan fingerprint density at radius 3 is 2.86 bits per heavy atom. The molecule has 108 valence electrons. The molecule has 2 aliphatic rings. The topological polar surface area (TPSA) is 66.4 Å². The van der Waals surface area contributed by atoms with Crippen molar-refractivity contribution in [1.29, 1.82) is 5.26 Å². The number of nitriles is 1. The van der Waals surface area contributed by atoms with Gasteiger partial charge in [0.05, 0.1) is 18.3 Å². The number of hydrogen-bond donors (Lipinski definition) is 1. The highest BCUT2D eigenvalue weighted by Gasteiger charge is 2.58. The second kappa shape index (κ2) is 4.33. The molecule has 21 heavy (non-hydrogen) atoms. The van der Waals surface area contributed by atoms with Crippen LogP contribution >= 0.6 is 0 Å². The van der Waals surface area contributed by atoms with Gasteiger partial charge in [0, 0.05) is 10.9 Å². The van der Waals surface area contributed by atoms with E-state index >= 15 is 0 Å². The van der Waals surface area contributed by atoms with E-state index in [0.717, 1.165) is 29.4 Å². The number of aliphatic hydroxyl groups is 1. The van der Waals surface area contributed by atoms with Crippen LogP contribution < -0.4 is 0 Å². The summed E-state index contributed by atoms with van der Waals surface area (Å²) in [7, 11) is 0. The number of rotatable bonds is 2. The fourth-order valence-corrected chi connectivity index (χ4v) is 3.99. The van der Waals surface area contributed by atoms with Gasteiger partial charge in [-0.3, -0.25) is 0 Å². The van der Waals surface area contributed by atoms with Crippen LogP contribution in [0.5, 0.6) is 0 Å². The number of fused-ring (bicyclic) bond motifs is 3. The highest BCUT2D eigenvalue weighted by atomic mass is 16.5. The van der Waals surface area contributed by atoms with Crippen LogP contribution in [0.1, 0.15) is 36.7 Å². The van der Waals surface area contributed by atoms with E-state index < -0.39 is 11.5 Å². The fourth-order valence-electron chi connectivity index (χ4n) is 3.99. The van der Waals surface area contributed by atoms with E-state index in [-0.39, 0.29) is 12.2 Å². The van der Waals surface area contributed by atoms with Crippen molar-refractivity contribution >= 4 is 11.0 Å². The molecule has 4 rings (SSSR count). The zero-order chi connectivity index (χ0) is 14.6. The second-order valence-corrected chi connectivity index (χ2v) is 6.15. The van der Waals surface area contributed by atoms with Crippen molar-refractivity contribution in [1.82, 2.24) is 0 Å². The summed E-state index contributed by atoms with van der Waals surface area (Å²) in [4.78, 5) is 0. The maximum Gasteiger partial charge on any atom is 0.134 e. The van der Waals surface area contributed by atoms with Crippen molar-refractivity contribution in [2.75, 3.05) is 0 Å². The zero-order valence-corrected chi connectivity index (χ0v) is 11.9. The summed E-state index contributed by atoms with van der Waals surface area (Å²) in [6, 6.07) is 10.0. The Hall–Kier alpha value is -1.83. The molecule has 2 aromatic rings. The summed E-state index contributed by atoms with van der Waals surface area (Å²) < 4.78 is 11.6. The lowest BCUT2D eigenvalue weighted by Gasteiger charge is -2.33. The SMILES string of the molecule is Cc1oc2ccccc2c1C(O)C1(C#N)CC2CCC1O2. The van der Waals surface area contributed by atoms with Crippen molar-refractivity contribution in [3.8, 4) is 6.07 Å². The lowest BCUT2D eigenvalue weighted by Crippen LogP contribution is -2.37. The minimum absolute atomic E-state index is 0.114. The largest absolute Gasteiger partial charge is 0.461 e. The number of hydrogen-bond acceptors (Lipinski definition) is 4. The predicted octanol–water partition coefficient (Wildman–Crippen LogP) is 3.24. The third-order valence-electron chi connectivity index (χ3n) is 5.04. The molecule has 2 aliphatic heterocycles. The molecule has 1 aromatic heterocycles. The van der Waals surface area contributed by atoms with E-state index in [1.165, 1.54) is 0 Å². The van der Waals surface area contributed by atoms with Crippen molar-refractivity contribution < 1.29 is 14.3 Å². The first-order valence-corrected chi connectivity index (χ1v) is 7.38. The quantitative estimate of drug-likeness (QED) is 0.918. The Balaban J connectivity index is 1.85. The number of ether oxygens (including phenoxy) is 1. The van der Waals surface area contributed by atoms with Crippen LogP contribution in [0.4, 0.5) is 0 Å². The lowest BCUT2D eigenvalue weighted by atomic mass is 9.69. The minimum atomic E-state index is -0.874. The Morgan fingerprint density at radius 2 is 2.19 bits per heavy atom. The molecule has 2 bridgehead atoms. The number of para-hydroxylation sites is 1. The predicted molar refractivity (Wildman–Crippen MR) is 76.5 cm³/mol. The third-order valence-corrected chi connectivity index (χ3v) is 5.04. The second-order valence-electron chi connectivity index (χ2n) is 6.15. The summed E-state index contributed by atoms with van der Waals surface area (Å²) in [5.41, 5.74) is 0.643. The first kappa shape index (κ1) is 12.9. The molecule has 4 atom stereocenters. The van der Waals surface area contributed by atoms with Gasteiger partial charge in [0.1, 0.15) is 22.9 Å². The van der Waals surface area contributed by atoms with E-state index in [1.54, 1.807) is 0 Å². The normalized spacial score (nSPS) is 32.4. The van der Waals surface area contributed by atoms with Gasteiger partial charge in [-0.05, 0) is 32.3 Å². The van der Waals surface area contributed by atoms with Crippen LogP contribution in [-0.4, -0.2) is 17.3 Å². The molecule has 0 radical (unpaired) electrons. The summed E-state index contributed by atoms with van der Waals surface area (Å²) in [5.74, 6) is 0.682. The molecule has 0 aliphatic carbocycles. The summed E-state index contributed by atoms with van der Waals surface area (Å²) in [6.45, 7) is 1.84. The summed E-state index contributed by atoms with van der Waals surface area (Å²) in [6.07, 6.45) is 1.52. The molecule has 4 heteroatoms. The van der Waals surface area contributed by atoms with Crippen LogP contribution in [0.3, 0.4) is 0 Å². The van der Waals surface area contributed by atoms with Crippen molar-refractivity contribution in [3.05, 3.63) is 35.6 Å². The molecule has 4 unspecified atom stereocenters. The van der Waals surface area contributed by atoms with Gasteiger partial charge in [0.15, 0.2) is 0 Å². The van der Waals surface area contributed by atoms with E-state index in [2.05, 4.69) is 6.07 Å². The van der Waals surface area contributed by atoms with E-state index in [1.807, 2.05) is 31.2 Å². The standard InChI is InChI=1S/C17H17NO3/c1-10-15(12-4-2-3-5-13(12)20-10)16(19)17(9-18)8-11-6-7-14(17)21-11/h2-5,11,14,16,19H,6-8H2,1H3. The van der Waals surface area contributed by atoms with Crippen molar-refractivity contribution in [2.45, 2.75) is 44.5 Å². The monoisotopic (exact) mass is 283 g/mol. The molecule has 4 nitrogen and oxygen atoms in total. The van der Waals surface area contributed by atoms with Gasteiger partial charge in [0.2, 0.25) is 0 Å². The molecule has 1 N–H and O–H groups in total. The molecule has 2 fully saturated rings.